The van der Waals surface area contributed by atoms with Gasteiger partial charge in [0, 0.05) is 61.5 Å². The molecule has 0 saturated heterocycles. The van der Waals surface area contributed by atoms with Gasteiger partial charge in [-0.15, -0.1) is 0 Å². The standard InChI is InChI=1S/C22H24Cl2O3.C20H18Cl2O2/c1-4-27-21(26)22(2,3)11-10-17(25)12-16-13-20(24)18(14-19(16)23)15-8-6-5-7-9-15;1-20(2)9-8-17(23)18(19(20)24)14-11-15(21)13(10-16(14)22)12-6-4-3-5-7-12/h5-9,13-14H,4,10-12H2,1-3H3;3-7,10-11,24H,8-9H2,1-2H3. The summed E-state index contributed by atoms with van der Waals surface area (Å²) in [6.45, 7) is 9.51. The van der Waals surface area contributed by atoms with Crippen LogP contribution in [-0.4, -0.2) is 29.2 Å². The molecule has 0 amide bonds. The summed E-state index contributed by atoms with van der Waals surface area (Å²) < 4.78 is 5.06. The van der Waals surface area contributed by atoms with E-state index >= 15 is 0 Å². The third-order valence-corrected chi connectivity index (χ3v) is 10.3. The number of ketones is 2. The van der Waals surface area contributed by atoms with E-state index in [-0.39, 0.29) is 41.7 Å². The van der Waals surface area contributed by atoms with Crippen LogP contribution < -0.4 is 0 Å². The van der Waals surface area contributed by atoms with Crippen LogP contribution in [-0.2, 0) is 25.5 Å². The van der Waals surface area contributed by atoms with Gasteiger partial charge in [-0.1, -0.05) is 121 Å². The topological polar surface area (TPSA) is 80.7 Å². The second-order valence-electron chi connectivity index (χ2n) is 13.8. The maximum Gasteiger partial charge on any atom is 0.311 e. The first-order valence-electron chi connectivity index (χ1n) is 16.8. The maximum atomic E-state index is 12.4. The van der Waals surface area contributed by atoms with Crippen molar-refractivity contribution in [2.75, 3.05) is 6.61 Å². The fraction of sp³-hybridized carbons (Fsp3) is 0.310. The van der Waals surface area contributed by atoms with Crippen molar-refractivity contribution in [2.24, 2.45) is 10.8 Å². The molecule has 0 spiro atoms. The summed E-state index contributed by atoms with van der Waals surface area (Å²) in [6.07, 6.45) is 1.90. The minimum absolute atomic E-state index is 0.0119. The molecule has 0 aromatic heterocycles. The third-order valence-electron chi connectivity index (χ3n) is 9.01. The second-order valence-corrected chi connectivity index (χ2v) is 15.4. The molecule has 4 aromatic carbocycles. The molecule has 1 aliphatic carbocycles. The average molecular weight is 769 g/mol. The molecular weight excluding hydrogens is 726 g/mol. The number of benzene rings is 4. The number of rotatable bonds is 10. The summed E-state index contributed by atoms with van der Waals surface area (Å²) >= 11 is 25.7. The van der Waals surface area contributed by atoms with Gasteiger partial charge >= 0.3 is 5.97 Å². The Labute approximate surface area is 320 Å². The SMILES string of the molecule is CC1(C)CCC(=O)C(c2cc(Cl)c(-c3ccccc3)cc2Cl)=C1O.CCOC(=O)C(C)(C)CCC(=O)Cc1cc(Cl)c(-c2ccccc2)cc1Cl. The number of halogens is 4. The first-order chi connectivity index (χ1) is 24.1. The predicted molar refractivity (Wildman–Crippen MR) is 210 cm³/mol. The van der Waals surface area contributed by atoms with Crippen molar-refractivity contribution in [3.05, 3.63) is 122 Å². The van der Waals surface area contributed by atoms with Gasteiger partial charge in [0.15, 0.2) is 5.78 Å². The van der Waals surface area contributed by atoms with E-state index in [0.717, 1.165) is 22.3 Å². The van der Waals surface area contributed by atoms with Crippen molar-refractivity contribution in [3.63, 3.8) is 0 Å². The van der Waals surface area contributed by atoms with Gasteiger partial charge in [0.2, 0.25) is 0 Å². The lowest BCUT2D eigenvalue weighted by molar-refractivity contribution is -0.153. The Morgan fingerprint density at radius 3 is 1.82 bits per heavy atom. The molecular formula is C42H42Cl4O5. The number of carbonyl (C=O) groups is 3. The van der Waals surface area contributed by atoms with Gasteiger partial charge in [-0.3, -0.25) is 14.4 Å². The molecule has 0 aliphatic heterocycles. The molecule has 0 saturated carbocycles. The highest BCUT2D eigenvalue weighted by Crippen LogP contribution is 2.44. The Kier molecular flexibility index (Phi) is 13.6. The van der Waals surface area contributed by atoms with Gasteiger partial charge in [-0.25, -0.2) is 0 Å². The van der Waals surface area contributed by atoms with Crippen molar-refractivity contribution in [1.29, 1.82) is 0 Å². The van der Waals surface area contributed by atoms with E-state index in [1.807, 2.05) is 74.5 Å². The highest BCUT2D eigenvalue weighted by atomic mass is 35.5. The van der Waals surface area contributed by atoms with Gasteiger partial charge in [-0.05, 0) is 74.6 Å². The fourth-order valence-corrected chi connectivity index (χ4v) is 6.80. The predicted octanol–water partition coefficient (Wildman–Crippen LogP) is 12.5. The van der Waals surface area contributed by atoms with Crippen LogP contribution in [0.5, 0.6) is 0 Å². The molecule has 1 aliphatic rings. The van der Waals surface area contributed by atoms with E-state index in [0.29, 0.717) is 57.1 Å². The minimum Gasteiger partial charge on any atom is -0.511 e. The molecule has 5 nitrogen and oxygen atoms in total. The molecule has 0 unspecified atom stereocenters. The van der Waals surface area contributed by atoms with Crippen LogP contribution in [0.3, 0.4) is 0 Å². The zero-order chi connectivity index (χ0) is 37.5. The number of allylic oxidation sites excluding steroid dienone is 2. The summed E-state index contributed by atoms with van der Waals surface area (Å²) in [5, 5.41) is 12.6. The van der Waals surface area contributed by atoms with Crippen molar-refractivity contribution < 1.29 is 24.2 Å². The van der Waals surface area contributed by atoms with Gasteiger partial charge in [0.05, 0.1) is 17.6 Å². The Morgan fingerprint density at radius 1 is 0.784 bits per heavy atom. The first-order valence-corrected chi connectivity index (χ1v) is 18.3. The van der Waals surface area contributed by atoms with Crippen LogP contribution in [0.1, 0.15) is 71.4 Å². The normalized spacial score (nSPS) is 14.1. The molecule has 0 fully saturated rings. The molecule has 9 heteroatoms. The summed E-state index contributed by atoms with van der Waals surface area (Å²) in [5.41, 5.74) is 3.90. The van der Waals surface area contributed by atoms with Gasteiger partial charge < -0.3 is 9.84 Å². The highest BCUT2D eigenvalue weighted by Gasteiger charge is 2.36. The van der Waals surface area contributed by atoms with Crippen molar-refractivity contribution in [1.82, 2.24) is 0 Å². The number of aliphatic hydroxyl groups excluding tert-OH is 1. The van der Waals surface area contributed by atoms with Crippen molar-refractivity contribution in [3.8, 4) is 22.3 Å². The first kappa shape index (κ1) is 40.2. The Morgan fingerprint density at radius 2 is 1.27 bits per heavy atom. The van der Waals surface area contributed by atoms with Crippen LogP contribution in [0.15, 0.2) is 90.7 Å². The largest absolute Gasteiger partial charge is 0.511 e. The van der Waals surface area contributed by atoms with E-state index in [9.17, 15) is 19.5 Å². The zero-order valence-corrected chi connectivity index (χ0v) is 32.4. The van der Waals surface area contributed by atoms with E-state index in [4.69, 9.17) is 51.1 Å². The van der Waals surface area contributed by atoms with Crippen LogP contribution >= 0.6 is 46.4 Å². The number of esters is 1. The average Bonchev–Trinajstić information content (AvgIpc) is 3.10. The third kappa shape index (κ3) is 10.0. The second kappa shape index (κ2) is 17.3. The summed E-state index contributed by atoms with van der Waals surface area (Å²) in [5.74, 6) is -0.287. The number of carbonyl (C=O) groups excluding carboxylic acids is 3. The fourth-order valence-electron chi connectivity index (χ4n) is 5.74. The van der Waals surface area contributed by atoms with E-state index < -0.39 is 10.8 Å². The molecule has 51 heavy (non-hydrogen) atoms. The van der Waals surface area contributed by atoms with Crippen molar-refractivity contribution >= 4 is 69.5 Å². The molecule has 5 rings (SSSR count). The molecule has 0 bridgehead atoms. The maximum absolute atomic E-state index is 12.4. The summed E-state index contributed by atoms with van der Waals surface area (Å²) in [7, 11) is 0. The lowest BCUT2D eigenvalue weighted by Crippen LogP contribution is -2.27. The molecule has 1 N–H and O–H groups in total. The minimum atomic E-state index is -0.690. The zero-order valence-electron chi connectivity index (χ0n) is 29.4. The van der Waals surface area contributed by atoms with Gasteiger partial charge in [0.25, 0.3) is 0 Å². The van der Waals surface area contributed by atoms with E-state index in [2.05, 4.69) is 0 Å². The lowest BCUT2D eigenvalue weighted by Gasteiger charge is -2.30. The molecule has 268 valence electrons. The molecule has 0 heterocycles. The molecule has 4 aromatic rings. The Bertz CT molecular complexity index is 1930. The van der Waals surface area contributed by atoms with Crippen LogP contribution in [0.25, 0.3) is 27.8 Å². The highest BCUT2D eigenvalue weighted by molar-refractivity contribution is 6.39. The monoisotopic (exact) mass is 766 g/mol. The van der Waals surface area contributed by atoms with Gasteiger partial charge in [0.1, 0.15) is 11.5 Å². The number of aliphatic hydroxyl groups is 1. The number of hydrogen-bond donors (Lipinski definition) is 1. The van der Waals surface area contributed by atoms with Crippen LogP contribution in [0.4, 0.5) is 0 Å². The smallest absolute Gasteiger partial charge is 0.311 e. The van der Waals surface area contributed by atoms with Crippen LogP contribution in [0.2, 0.25) is 20.1 Å². The van der Waals surface area contributed by atoms with E-state index in [1.54, 1.807) is 45.0 Å². The molecule has 0 radical (unpaired) electrons. The number of hydrogen-bond acceptors (Lipinski definition) is 5. The Balaban J connectivity index is 0.000000230. The summed E-state index contributed by atoms with van der Waals surface area (Å²) in [4.78, 5) is 36.7. The van der Waals surface area contributed by atoms with Crippen molar-refractivity contribution in [2.45, 2.75) is 66.7 Å². The van der Waals surface area contributed by atoms with Crippen LogP contribution in [0, 0.1) is 10.8 Å². The summed E-state index contributed by atoms with van der Waals surface area (Å²) in [6, 6.07) is 26.4. The van der Waals surface area contributed by atoms with Gasteiger partial charge in [-0.2, -0.15) is 0 Å². The lowest BCUT2D eigenvalue weighted by atomic mass is 9.75. The quantitative estimate of drug-likeness (QED) is 0.163. The Hall–Kier alpha value is -3.61. The molecule has 0 atom stereocenters. The van der Waals surface area contributed by atoms with E-state index in [1.165, 1.54) is 0 Å². The number of Topliss-reactive ketones (excluding diaryl/α,β-unsaturated/α-hetero) is 2. The number of ether oxygens (including phenoxy) is 1.